The molecule has 0 aromatic carbocycles. The summed E-state index contributed by atoms with van der Waals surface area (Å²) < 4.78 is 52.6. The van der Waals surface area contributed by atoms with E-state index in [1.165, 1.54) is 4.90 Å². The van der Waals surface area contributed by atoms with Gasteiger partial charge in [-0.25, -0.2) is 4.39 Å². The van der Waals surface area contributed by atoms with E-state index in [0.29, 0.717) is 0 Å². The molecule has 1 aliphatic heterocycles. The van der Waals surface area contributed by atoms with E-state index >= 15 is 0 Å². The maximum absolute atomic E-state index is 13.0. The molecule has 0 aliphatic carbocycles. The van der Waals surface area contributed by atoms with Crippen LogP contribution in [0.25, 0.3) is 0 Å². The fourth-order valence-electron chi connectivity index (χ4n) is 1.76. The van der Waals surface area contributed by atoms with Crippen molar-refractivity contribution in [3.8, 4) is 0 Å². The molecule has 0 aromatic rings. The third-order valence-corrected chi connectivity index (χ3v) is 2.47. The molecule has 2 atom stereocenters. The molecule has 1 heterocycles. The van der Waals surface area contributed by atoms with Crippen LogP contribution in [0.5, 0.6) is 0 Å². The third kappa shape index (κ3) is 4.86. The molecule has 0 spiro atoms. The van der Waals surface area contributed by atoms with Crippen LogP contribution in [-0.4, -0.2) is 55.5 Å². The quantitative estimate of drug-likeness (QED) is 0.576. The second-order valence-corrected chi connectivity index (χ2v) is 3.91. The molecule has 1 saturated heterocycles. The lowest BCUT2D eigenvalue weighted by Gasteiger charge is -2.21. The van der Waals surface area contributed by atoms with Crippen LogP contribution >= 0.6 is 0 Å². The van der Waals surface area contributed by atoms with Crippen LogP contribution in [0.2, 0.25) is 0 Å². The van der Waals surface area contributed by atoms with Gasteiger partial charge in [-0.2, -0.15) is 13.2 Å². The summed E-state index contributed by atoms with van der Waals surface area (Å²) in [5, 5.41) is 0. The summed E-state index contributed by atoms with van der Waals surface area (Å²) in [6, 6.07) is -0.750. The Hall–Kier alpha value is -0.890. The molecule has 1 amide bonds. The molecule has 0 unspecified atom stereocenters. The van der Waals surface area contributed by atoms with Crippen molar-refractivity contribution in [2.45, 2.75) is 24.8 Å². The van der Waals surface area contributed by atoms with E-state index < -0.39 is 30.9 Å². The first-order valence-corrected chi connectivity index (χ1v) is 5.11. The highest BCUT2D eigenvalue weighted by Crippen LogP contribution is 2.20. The molecule has 0 radical (unpaired) electrons. The van der Waals surface area contributed by atoms with Crippen molar-refractivity contribution in [3.63, 3.8) is 0 Å². The number of likely N-dealkylation sites (tertiary alicyclic amines) is 1. The van der Waals surface area contributed by atoms with Gasteiger partial charge in [-0.3, -0.25) is 9.69 Å². The average molecular weight is 258 g/mol. The monoisotopic (exact) mass is 258 g/mol. The Balaban J connectivity index is 2.28. The smallest absolute Gasteiger partial charge is 0.371 e. The summed E-state index contributed by atoms with van der Waals surface area (Å²) in [4.78, 5) is 12.3. The van der Waals surface area contributed by atoms with Gasteiger partial charge in [0.1, 0.15) is 12.8 Å². The lowest BCUT2D eigenvalue weighted by Crippen LogP contribution is -2.42. The van der Waals surface area contributed by atoms with Crippen molar-refractivity contribution >= 4 is 5.91 Å². The molecule has 8 heteroatoms. The molecule has 17 heavy (non-hydrogen) atoms. The number of hydrogen-bond acceptors (Lipinski definition) is 3. The topological polar surface area (TPSA) is 55.6 Å². The van der Waals surface area contributed by atoms with Gasteiger partial charge in [0.05, 0.1) is 12.6 Å². The minimum absolute atomic E-state index is 0.00296. The first-order chi connectivity index (χ1) is 7.79. The SMILES string of the molecule is NC(=O)[C@@H]1C[C@@H](F)CN1CCOCC(F)(F)F. The minimum atomic E-state index is -4.38. The summed E-state index contributed by atoms with van der Waals surface area (Å²) in [5.41, 5.74) is 5.06. The molecule has 1 fully saturated rings. The first kappa shape index (κ1) is 14.2. The van der Waals surface area contributed by atoms with Gasteiger partial charge in [0.15, 0.2) is 0 Å². The van der Waals surface area contributed by atoms with Crippen LogP contribution in [0.1, 0.15) is 6.42 Å². The lowest BCUT2D eigenvalue weighted by atomic mass is 10.2. The zero-order valence-corrected chi connectivity index (χ0v) is 9.04. The van der Waals surface area contributed by atoms with E-state index in [1.807, 2.05) is 0 Å². The van der Waals surface area contributed by atoms with Gasteiger partial charge < -0.3 is 10.5 Å². The molecule has 2 N–H and O–H groups in total. The molecular weight excluding hydrogens is 244 g/mol. The van der Waals surface area contributed by atoms with Gasteiger partial charge in [-0.1, -0.05) is 0 Å². The maximum Gasteiger partial charge on any atom is 0.411 e. The van der Waals surface area contributed by atoms with Gasteiger partial charge in [-0.15, -0.1) is 0 Å². The van der Waals surface area contributed by atoms with Gasteiger partial charge in [0.25, 0.3) is 0 Å². The van der Waals surface area contributed by atoms with Crippen molar-refractivity contribution in [2.75, 3.05) is 26.3 Å². The zero-order chi connectivity index (χ0) is 13.1. The van der Waals surface area contributed by atoms with Gasteiger partial charge >= 0.3 is 6.18 Å². The maximum atomic E-state index is 13.0. The van der Waals surface area contributed by atoms with Crippen LogP contribution in [-0.2, 0) is 9.53 Å². The summed E-state index contributed by atoms with van der Waals surface area (Å²) >= 11 is 0. The summed E-state index contributed by atoms with van der Waals surface area (Å²) in [7, 11) is 0. The van der Waals surface area contributed by atoms with Crippen molar-refractivity contribution < 1.29 is 27.1 Å². The second-order valence-electron chi connectivity index (χ2n) is 3.91. The number of nitrogens with two attached hydrogens (primary N) is 1. The van der Waals surface area contributed by atoms with E-state index in [1.54, 1.807) is 0 Å². The highest BCUT2D eigenvalue weighted by molar-refractivity contribution is 5.80. The average Bonchev–Trinajstić information content (AvgIpc) is 2.53. The number of carbonyl (C=O) groups is 1. The van der Waals surface area contributed by atoms with Crippen molar-refractivity contribution in [1.29, 1.82) is 0 Å². The predicted molar refractivity (Wildman–Crippen MR) is 50.9 cm³/mol. The predicted octanol–water partition coefficient (Wildman–Crippen LogP) is 0.463. The van der Waals surface area contributed by atoms with E-state index in [4.69, 9.17) is 5.73 Å². The molecule has 1 aliphatic rings. The number of halogens is 4. The fourth-order valence-corrected chi connectivity index (χ4v) is 1.76. The Labute approximate surface area is 95.7 Å². The Bertz CT molecular complexity index is 272. The van der Waals surface area contributed by atoms with Gasteiger partial charge in [0, 0.05) is 19.5 Å². The number of amides is 1. The number of rotatable bonds is 5. The largest absolute Gasteiger partial charge is 0.411 e. The normalized spacial score (nSPS) is 26.4. The highest BCUT2D eigenvalue weighted by atomic mass is 19.4. The summed E-state index contributed by atoms with van der Waals surface area (Å²) in [6.07, 6.45) is -5.55. The molecule has 1 rings (SSSR count). The van der Waals surface area contributed by atoms with Crippen LogP contribution in [0.4, 0.5) is 17.6 Å². The highest BCUT2D eigenvalue weighted by Gasteiger charge is 2.35. The standard InChI is InChI=1S/C9H14F4N2O2/c10-6-3-7(8(14)16)15(4-6)1-2-17-5-9(11,12)13/h6-7H,1-5H2,(H2,14,16)/t6-,7+/m1/s1. The fraction of sp³-hybridized carbons (Fsp3) is 0.889. The molecule has 0 saturated carbocycles. The lowest BCUT2D eigenvalue weighted by molar-refractivity contribution is -0.174. The van der Waals surface area contributed by atoms with Crippen molar-refractivity contribution in [2.24, 2.45) is 5.73 Å². The number of hydrogen-bond donors (Lipinski definition) is 1. The number of ether oxygens (including phenoxy) is 1. The van der Waals surface area contributed by atoms with Crippen LogP contribution in [0.15, 0.2) is 0 Å². The molecule has 100 valence electrons. The van der Waals surface area contributed by atoms with E-state index in [-0.39, 0.29) is 26.1 Å². The van der Waals surface area contributed by atoms with E-state index in [2.05, 4.69) is 4.74 Å². The van der Waals surface area contributed by atoms with Crippen molar-refractivity contribution in [3.05, 3.63) is 0 Å². The van der Waals surface area contributed by atoms with Crippen LogP contribution < -0.4 is 5.73 Å². The Morgan fingerprint density at radius 3 is 2.65 bits per heavy atom. The number of carbonyl (C=O) groups excluding carboxylic acids is 1. The third-order valence-electron chi connectivity index (χ3n) is 2.47. The summed E-state index contributed by atoms with van der Waals surface area (Å²) in [5.74, 6) is -0.666. The molecule has 0 aromatic heterocycles. The van der Waals surface area contributed by atoms with Crippen LogP contribution in [0.3, 0.4) is 0 Å². The molecule has 0 bridgehead atoms. The second kappa shape index (κ2) is 5.63. The minimum Gasteiger partial charge on any atom is -0.371 e. The van der Waals surface area contributed by atoms with Gasteiger partial charge in [-0.05, 0) is 0 Å². The first-order valence-electron chi connectivity index (χ1n) is 5.11. The Kier molecular flexibility index (Phi) is 4.70. The number of primary amides is 1. The van der Waals surface area contributed by atoms with E-state index in [9.17, 15) is 22.4 Å². The Morgan fingerprint density at radius 2 is 2.12 bits per heavy atom. The zero-order valence-electron chi connectivity index (χ0n) is 9.04. The number of alkyl halides is 4. The van der Waals surface area contributed by atoms with Gasteiger partial charge in [0.2, 0.25) is 5.91 Å². The summed E-state index contributed by atoms with van der Waals surface area (Å²) in [6.45, 7) is -1.50. The van der Waals surface area contributed by atoms with E-state index in [0.717, 1.165) is 0 Å². The number of nitrogens with zero attached hydrogens (tertiary/aromatic N) is 1. The molecular formula is C9H14F4N2O2. The Morgan fingerprint density at radius 1 is 1.47 bits per heavy atom. The van der Waals surface area contributed by atoms with Crippen LogP contribution in [0, 0.1) is 0 Å². The van der Waals surface area contributed by atoms with Crippen molar-refractivity contribution in [1.82, 2.24) is 4.90 Å². The molecule has 4 nitrogen and oxygen atoms in total.